The summed E-state index contributed by atoms with van der Waals surface area (Å²) in [6.07, 6.45) is 1.65. The minimum atomic E-state index is -0.211. The number of rotatable bonds is 5. The Morgan fingerprint density at radius 1 is 1.53 bits per heavy atom. The zero-order chi connectivity index (χ0) is 11.3. The Hall–Kier alpha value is -1.13. The van der Waals surface area contributed by atoms with E-state index in [-0.39, 0.29) is 12.0 Å². The van der Waals surface area contributed by atoms with E-state index < -0.39 is 0 Å². The van der Waals surface area contributed by atoms with Gasteiger partial charge in [-0.15, -0.1) is 0 Å². The van der Waals surface area contributed by atoms with Crippen LogP contribution in [0.15, 0.2) is 18.3 Å². The third-order valence-electron chi connectivity index (χ3n) is 2.10. The summed E-state index contributed by atoms with van der Waals surface area (Å²) in [5.74, 6) is 0.499. The van der Waals surface area contributed by atoms with Crippen molar-refractivity contribution in [3.05, 3.63) is 23.9 Å². The molecule has 0 aromatic carbocycles. The summed E-state index contributed by atoms with van der Waals surface area (Å²) >= 11 is 0. The highest BCUT2D eigenvalue weighted by molar-refractivity contribution is 5.37. The Kier molecular flexibility index (Phi) is 4.05. The standard InChI is InChI=1S/C11H18N2O2/c1-11(2,7-14)8-15-6-9-4-3-5-13-10(9)12/h3-5,14H,6-8H2,1-2H3,(H2,12,13). The Bertz CT molecular complexity index is 313. The van der Waals surface area contributed by atoms with E-state index >= 15 is 0 Å². The molecule has 1 rings (SSSR count). The summed E-state index contributed by atoms with van der Waals surface area (Å²) in [5, 5.41) is 9.03. The molecule has 0 aliphatic rings. The summed E-state index contributed by atoms with van der Waals surface area (Å²) in [4.78, 5) is 3.96. The highest BCUT2D eigenvalue weighted by atomic mass is 16.5. The number of nitrogens with two attached hydrogens (primary N) is 1. The minimum absolute atomic E-state index is 0.107. The molecule has 0 saturated carbocycles. The molecule has 0 radical (unpaired) electrons. The lowest BCUT2D eigenvalue weighted by atomic mass is 9.97. The zero-order valence-corrected chi connectivity index (χ0v) is 9.23. The summed E-state index contributed by atoms with van der Waals surface area (Å²) in [6, 6.07) is 3.71. The van der Waals surface area contributed by atoms with E-state index in [1.54, 1.807) is 6.20 Å². The predicted octanol–water partition coefficient (Wildman–Crippen LogP) is 1.20. The molecule has 0 spiro atoms. The molecule has 0 bridgehead atoms. The van der Waals surface area contributed by atoms with Crippen molar-refractivity contribution in [2.24, 2.45) is 5.41 Å². The molecular formula is C11H18N2O2. The zero-order valence-electron chi connectivity index (χ0n) is 9.23. The quantitative estimate of drug-likeness (QED) is 0.766. The maximum absolute atomic E-state index is 9.03. The second-order valence-corrected chi connectivity index (χ2v) is 4.36. The third-order valence-corrected chi connectivity index (χ3v) is 2.10. The number of aromatic nitrogens is 1. The lowest BCUT2D eigenvalue weighted by molar-refractivity contribution is 0.0199. The number of nitrogens with zero attached hydrogens (tertiary/aromatic N) is 1. The van der Waals surface area contributed by atoms with Gasteiger partial charge >= 0.3 is 0 Å². The van der Waals surface area contributed by atoms with Crippen LogP contribution in [0.2, 0.25) is 0 Å². The van der Waals surface area contributed by atoms with Crippen LogP contribution in [-0.2, 0) is 11.3 Å². The van der Waals surface area contributed by atoms with Crippen LogP contribution in [0.5, 0.6) is 0 Å². The molecule has 4 heteroatoms. The topological polar surface area (TPSA) is 68.4 Å². The highest BCUT2D eigenvalue weighted by Gasteiger charge is 2.16. The largest absolute Gasteiger partial charge is 0.396 e. The molecule has 0 saturated heterocycles. The number of aliphatic hydroxyl groups excluding tert-OH is 1. The van der Waals surface area contributed by atoms with E-state index in [0.717, 1.165) is 5.56 Å². The molecule has 0 aliphatic heterocycles. The number of anilines is 1. The number of hydrogen-bond donors (Lipinski definition) is 2. The van der Waals surface area contributed by atoms with Crippen LogP contribution in [0.25, 0.3) is 0 Å². The van der Waals surface area contributed by atoms with Crippen molar-refractivity contribution in [2.45, 2.75) is 20.5 Å². The molecule has 1 heterocycles. The Morgan fingerprint density at radius 2 is 2.27 bits per heavy atom. The molecule has 0 aliphatic carbocycles. The van der Waals surface area contributed by atoms with Gasteiger partial charge in [0.1, 0.15) is 5.82 Å². The van der Waals surface area contributed by atoms with Gasteiger partial charge in [-0.05, 0) is 6.07 Å². The molecule has 0 amide bonds. The second-order valence-electron chi connectivity index (χ2n) is 4.36. The molecule has 3 N–H and O–H groups in total. The van der Waals surface area contributed by atoms with Crippen molar-refractivity contribution < 1.29 is 9.84 Å². The number of hydrogen-bond acceptors (Lipinski definition) is 4. The van der Waals surface area contributed by atoms with Gasteiger partial charge in [0.15, 0.2) is 0 Å². The van der Waals surface area contributed by atoms with Gasteiger partial charge in [-0.25, -0.2) is 4.98 Å². The van der Waals surface area contributed by atoms with E-state index in [4.69, 9.17) is 15.6 Å². The molecular weight excluding hydrogens is 192 g/mol. The second kappa shape index (κ2) is 5.09. The van der Waals surface area contributed by atoms with Gasteiger partial charge in [0.25, 0.3) is 0 Å². The van der Waals surface area contributed by atoms with E-state index in [0.29, 0.717) is 19.0 Å². The van der Waals surface area contributed by atoms with Gasteiger partial charge in [0.05, 0.1) is 19.8 Å². The smallest absolute Gasteiger partial charge is 0.128 e. The molecule has 15 heavy (non-hydrogen) atoms. The van der Waals surface area contributed by atoms with Crippen LogP contribution in [-0.4, -0.2) is 23.3 Å². The summed E-state index contributed by atoms with van der Waals surface area (Å²) < 4.78 is 5.48. The maximum atomic E-state index is 9.03. The van der Waals surface area contributed by atoms with Crippen molar-refractivity contribution in [1.82, 2.24) is 4.98 Å². The number of ether oxygens (including phenoxy) is 1. The molecule has 1 aromatic rings. The van der Waals surface area contributed by atoms with Gasteiger partial charge in [-0.3, -0.25) is 0 Å². The molecule has 0 unspecified atom stereocenters. The summed E-state index contributed by atoms with van der Waals surface area (Å²) in [7, 11) is 0. The third kappa shape index (κ3) is 3.85. The predicted molar refractivity (Wildman–Crippen MR) is 59.2 cm³/mol. The Balaban J connectivity index is 2.42. The lowest BCUT2D eigenvalue weighted by Gasteiger charge is -2.21. The van der Waals surface area contributed by atoms with Crippen LogP contribution in [0.3, 0.4) is 0 Å². The van der Waals surface area contributed by atoms with Crippen LogP contribution >= 0.6 is 0 Å². The average Bonchev–Trinajstić information content (AvgIpc) is 2.21. The first-order valence-electron chi connectivity index (χ1n) is 4.93. The first-order valence-corrected chi connectivity index (χ1v) is 4.93. The number of aliphatic hydroxyl groups is 1. The molecule has 4 nitrogen and oxygen atoms in total. The van der Waals surface area contributed by atoms with Gasteiger partial charge in [0.2, 0.25) is 0 Å². The monoisotopic (exact) mass is 210 g/mol. The van der Waals surface area contributed by atoms with Gasteiger partial charge < -0.3 is 15.6 Å². The summed E-state index contributed by atoms with van der Waals surface area (Å²) in [5.41, 5.74) is 6.33. The Morgan fingerprint density at radius 3 is 2.87 bits per heavy atom. The molecule has 1 aromatic heterocycles. The number of pyridine rings is 1. The number of nitrogen functional groups attached to an aromatic ring is 1. The Labute approximate surface area is 90.1 Å². The van der Waals surface area contributed by atoms with Gasteiger partial charge in [-0.1, -0.05) is 19.9 Å². The van der Waals surface area contributed by atoms with E-state index in [1.807, 2.05) is 26.0 Å². The van der Waals surface area contributed by atoms with Crippen LogP contribution < -0.4 is 5.73 Å². The van der Waals surface area contributed by atoms with E-state index in [9.17, 15) is 0 Å². The molecule has 84 valence electrons. The molecule has 0 fully saturated rings. The average molecular weight is 210 g/mol. The fourth-order valence-corrected chi connectivity index (χ4v) is 1.06. The van der Waals surface area contributed by atoms with Crippen molar-refractivity contribution in [3.8, 4) is 0 Å². The first kappa shape index (κ1) is 11.9. The van der Waals surface area contributed by atoms with Crippen molar-refractivity contribution in [2.75, 3.05) is 18.9 Å². The lowest BCUT2D eigenvalue weighted by Crippen LogP contribution is -2.23. The fraction of sp³-hybridized carbons (Fsp3) is 0.545. The van der Waals surface area contributed by atoms with Crippen LogP contribution in [0, 0.1) is 5.41 Å². The van der Waals surface area contributed by atoms with E-state index in [2.05, 4.69) is 4.98 Å². The molecule has 0 atom stereocenters. The normalized spacial score (nSPS) is 11.7. The minimum Gasteiger partial charge on any atom is -0.396 e. The highest BCUT2D eigenvalue weighted by Crippen LogP contribution is 2.16. The van der Waals surface area contributed by atoms with Crippen molar-refractivity contribution in [3.63, 3.8) is 0 Å². The van der Waals surface area contributed by atoms with Crippen molar-refractivity contribution >= 4 is 5.82 Å². The van der Waals surface area contributed by atoms with Crippen LogP contribution in [0.4, 0.5) is 5.82 Å². The fourth-order valence-electron chi connectivity index (χ4n) is 1.06. The maximum Gasteiger partial charge on any atom is 0.128 e. The van der Waals surface area contributed by atoms with E-state index in [1.165, 1.54) is 0 Å². The first-order chi connectivity index (χ1) is 7.05. The summed E-state index contributed by atoms with van der Waals surface area (Å²) in [6.45, 7) is 4.93. The SMILES string of the molecule is CC(C)(CO)COCc1cccnc1N. The van der Waals surface area contributed by atoms with Gasteiger partial charge in [-0.2, -0.15) is 0 Å². The van der Waals surface area contributed by atoms with Crippen LogP contribution in [0.1, 0.15) is 19.4 Å². The van der Waals surface area contributed by atoms with Gasteiger partial charge in [0, 0.05) is 17.2 Å². The van der Waals surface area contributed by atoms with Crippen molar-refractivity contribution in [1.29, 1.82) is 0 Å².